The highest BCUT2D eigenvalue weighted by Crippen LogP contribution is 2.33. The van der Waals surface area contributed by atoms with Gasteiger partial charge in [-0.25, -0.2) is 0 Å². The highest BCUT2D eigenvalue weighted by molar-refractivity contribution is 6.32. The van der Waals surface area contributed by atoms with Crippen molar-refractivity contribution in [3.8, 4) is 0 Å². The number of aryl methyl sites for hydroxylation is 1. The average molecular weight is 375 g/mol. The molecule has 0 spiro atoms. The van der Waals surface area contributed by atoms with Crippen LogP contribution in [0.3, 0.4) is 0 Å². The monoisotopic (exact) mass is 375 g/mol. The molecule has 0 saturated heterocycles. The lowest BCUT2D eigenvalue weighted by atomic mass is 9.86. The molecule has 1 aliphatic carbocycles. The van der Waals surface area contributed by atoms with E-state index in [4.69, 9.17) is 0 Å². The minimum absolute atomic E-state index is 0.191. The van der Waals surface area contributed by atoms with Crippen LogP contribution in [0.2, 0.25) is 0 Å². The third-order valence-electron chi connectivity index (χ3n) is 5.01. The molecule has 2 heterocycles. The number of aromatic nitrogens is 1. The van der Waals surface area contributed by atoms with Gasteiger partial charge in [-0.2, -0.15) is 0 Å². The summed E-state index contributed by atoms with van der Waals surface area (Å²) < 4.78 is 1.68. The molecule has 1 N–H and O–H groups in total. The lowest BCUT2D eigenvalue weighted by Crippen LogP contribution is -2.32. The number of carbonyl (C=O) groups is 3. The number of pyridine rings is 1. The molecular weight excluding hydrogens is 354 g/mol. The predicted molar refractivity (Wildman–Crippen MR) is 106 cm³/mol. The van der Waals surface area contributed by atoms with Crippen LogP contribution in [0.1, 0.15) is 47.9 Å². The number of likely N-dealkylation sites (N-methyl/N-ethyl adjacent to an activating group) is 1. The zero-order valence-corrected chi connectivity index (χ0v) is 16.1. The summed E-state index contributed by atoms with van der Waals surface area (Å²) in [6.07, 6.45) is 1.80. The molecule has 142 valence electrons. The van der Waals surface area contributed by atoms with Crippen molar-refractivity contribution in [2.24, 2.45) is 0 Å². The molecule has 4 rings (SSSR count). The van der Waals surface area contributed by atoms with Gasteiger partial charge in [-0.15, -0.1) is 0 Å². The molecule has 3 aromatic rings. The van der Waals surface area contributed by atoms with Gasteiger partial charge in [0, 0.05) is 30.4 Å². The molecule has 1 aliphatic rings. The van der Waals surface area contributed by atoms with Crippen LogP contribution in [-0.4, -0.2) is 54.0 Å². The topological polar surface area (TPSA) is 70.9 Å². The number of fused-ring (bicyclic) bond motifs is 4. The van der Waals surface area contributed by atoms with Gasteiger partial charge < -0.3 is 14.6 Å². The van der Waals surface area contributed by atoms with Crippen LogP contribution in [0.4, 0.5) is 0 Å². The minimum atomic E-state index is -0.343. The Morgan fingerprint density at radius 2 is 1.71 bits per heavy atom. The molecule has 0 saturated carbocycles. The number of carbonyl (C=O) groups excluding carboxylic acids is 3. The second-order valence-electron chi connectivity index (χ2n) is 7.32. The lowest BCUT2D eigenvalue weighted by Gasteiger charge is -2.16. The van der Waals surface area contributed by atoms with E-state index in [0.717, 1.165) is 5.56 Å². The van der Waals surface area contributed by atoms with Gasteiger partial charge in [0.15, 0.2) is 5.78 Å². The van der Waals surface area contributed by atoms with Crippen LogP contribution in [-0.2, 0) is 0 Å². The summed E-state index contributed by atoms with van der Waals surface area (Å²) in [7, 11) is 3.84. The highest BCUT2D eigenvalue weighted by atomic mass is 16.2. The van der Waals surface area contributed by atoms with E-state index in [2.05, 4.69) is 5.32 Å². The zero-order valence-electron chi connectivity index (χ0n) is 16.1. The second-order valence-corrected chi connectivity index (χ2v) is 7.32. The van der Waals surface area contributed by atoms with Crippen molar-refractivity contribution in [3.63, 3.8) is 0 Å². The van der Waals surface area contributed by atoms with E-state index in [1.807, 2.05) is 32.0 Å². The molecule has 1 aromatic carbocycles. The molecule has 0 fully saturated rings. The van der Waals surface area contributed by atoms with Gasteiger partial charge in [-0.3, -0.25) is 14.4 Å². The third kappa shape index (κ3) is 2.73. The molecule has 2 aromatic heterocycles. The van der Waals surface area contributed by atoms with E-state index in [-0.39, 0.29) is 34.3 Å². The average Bonchev–Trinajstić information content (AvgIpc) is 3.00. The van der Waals surface area contributed by atoms with E-state index >= 15 is 0 Å². The summed E-state index contributed by atoms with van der Waals surface area (Å²) in [5.41, 5.74) is 2.94. The van der Waals surface area contributed by atoms with Crippen molar-refractivity contribution in [2.75, 3.05) is 27.2 Å². The van der Waals surface area contributed by atoms with Crippen LogP contribution < -0.4 is 5.32 Å². The molecule has 0 aliphatic heterocycles. The van der Waals surface area contributed by atoms with Gasteiger partial charge in [-0.05, 0) is 32.6 Å². The highest BCUT2D eigenvalue weighted by Gasteiger charge is 2.37. The molecule has 0 bridgehead atoms. The van der Waals surface area contributed by atoms with Crippen molar-refractivity contribution in [2.45, 2.75) is 6.92 Å². The van der Waals surface area contributed by atoms with Crippen LogP contribution >= 0.6 is 0 Å². The zero-order chi connectivity index (χ0) is 20.0. The van der Waals surface area contributed by atoms with E-state index < -0.39 is 0 Å². The number of hydrogen-bond acceptors (Lipinski definition) is 4. The molecule has 0 radical (unpaired) electrons. The minimum Gasteiger partial charge on any atom is -0.351 e. The lowest BCUT2D eigenvalue weighted by molar-refractivity contribution is 0.0938. The normalized spacial score (nSPS) is 13.0. The molecule has 6 nitrogen and oxygen atoms in total. The SMILES string of the molecule is Cc1ccc2c(C(=O)NCCN(C)C)c3c(n2c1)C(=O)c1ccccc1C3=O. The largest absolute Gasteiger partial charge is 0.351 e. The third-order valence-corrected chi connectivity index (χ3v) is 5.01. The van der Waals surface area contributed by atoms with E-state index in [1.54, 1.807) is 40.9 Å². The Morgan fingerprint density at radius 3 is 2.39 bits per heavy atom. The smallest absolute Gasteiger partial charge is 0.254 e. The van der Waals surface area contributed by atoms with Crippen LogP contribution in [0.25, 0.3) is 5.52 Å². The molecule has 6 heteroatoms. The van der Waals surface area contributed by atoms with Gasteiger partial charge >= 0.3 is 0 Å². The van der Waals surface area contributed by atoms with Crippen molar-refractivity contribution in [3.05, 3.63) is 76.1 Å². The number of benzene rings is 1. The summed E-state index contributed by atoms with van der Waals surface area (Å²) in [5, 5.41) is 2.88. The van der Waals surface area contributed by atoms with Gasteiger partial charge in [0.05, 0.1) is 16.6 Å². The quantitative estimate of drug-likeness (QED) is 0.594. The first-order valence-electron chi connectivity index (χ1n) is 9.16. The number of ketones is 2. The predicted octanol–water partition coefficient (Wildman–Crippen LogP) is 2.31. The maximum Gasteiger partial charge on any atom is 0.254 e. The van der Waals surface area contributed by atoms with E-state index in [0.29, 0.717) is 29.7 Å². The van der Waals surface area contributed by atoms with Gasteiger partial charge in [0.2, 0.25) is 5.78 Å². The number of rotatable bonds is 4. The first-order valence-corrected chi connectivity index (χ1v) is 9.16. The fraction of sp³-hybridized carbons (Fsp3) is 0.227. The number of nitrogens with one attached hydrogen (secondary N) is 1. The van der Waals surface area contributed by atoms with Crippen molar-refractivity contribution in [1.29, 1.82) is 0 Å². The molecule has 28 heavy (non-hydrogen) atoms. The molecule has 1 amide bonds. The maximum absolute atomic E-state index is 13.3. The molecular formula is C22H21N3O3. The Morgan fingerprint density at radius 1 is 1.04 bits per heavy atom. The fourth-order valence-corrected chi connectivity index (χ4v) is 3.66. The summed E-state index contributed by atoms with van der Waals surface area (Å²) in [6, 6.07) is 10.4. The Hall–Kier alpha value is -3.25. The van der Waals surface area contributed by atoms with Crippen molar-refractivity contribution < 1.29 is 14.4 Å². The molecule has 0 unspecified atom stereocenters. The summed E-state index contributed by atoms with van der Waals surface area (Å²) >= 11 is 0. The summed E-state index contributed by atoms with van der Waals surface area (Å²) in [5.74, 6) is -0.868. The fourth-order valence-electron chi connectivity index (χ4n) is 3.66. The Kier molecular flexibility index (Phi) is 4.35. The number of nitrogens with zero attached hydrogens (tertiary/aromatic N) is 2. The van der Waals surface area contributed by atoms with Crippen LogP contribution in [0.5, 0.6) is 0 Å². The number of hydrogen-bond donors (Lipinski definition) is 1. The first-order chi connectivity index (χ1) is 13.4. The molecule has 0 atom stereocenters. The van der Waals surface area contributed by atoms with E-state index in [9.17, 15) is 14.4 Å². The maximum atomic E-state index is 13.3. The Labute approximate surface area is 162 Å². The van der Waals surface area contributed by atoms with Crippen molar-refractivity contribution in [1.82, 2.24) is 14.6 Å². The first kappa shape index (κ1) is 18.1. The van der Waals surface area contributed by atoms with Crippen molar-refractivity contribution >= 4 is 23.0 Å². The number of amides is 1. The van der Waals surface area contributed by atoms with Gasteiger partial charge in [0.1, 0.15) is 5.69 Å². The standard InChI is InChI=1S/C22H21N3O3/c1-13-8-9-16-17(22(28)23-10-11-24(2)3)18-19(25(16)12-13)21(27)15-7-5-4-6-14(15)20(18)26/h4-9,12H,10-11H2,1-3H3,(H,23,28). The van der Waals surface area contributed by atoms with Gasteiger partial charge in [0.25, 0.3) is 5.91 Å². The Bertz CT molecular complexity index is 1140. The summed E-state index contributed by atoms with van der Waals surface area (Å²) in [6.45, 7) is 3.03. The van der Waals surface area contributed by atoms with E-state index in [1.165, 1.54) is 0 Å². The van der Waals surface area contributed by atoms with Crippen LogP contribution in [0, 0.1) is 6.92 Å². The second kappa shape index (κ2) is 6.73. The van der Waals surface area contributed by atoms with Gasteiger partial charge in [-0.1, -0.05) is 30.3 Å². The summed E-state index contributed by atoms with van der Waals surface area (Å²) in [4.78, 5) is 41.4. The Balaban J connectivity index is 1.93. The van der Waals surface area contributed by atoms with Crippen LogP contribution in [0.15, 0.2) is 42.6 Å².